The van der Waals surface area contributed by atoms with Gasteiger partial charge in [0.2, 0.25) is 0 Å². The highest BCUT2D eigenvalue weighted by Gasteiger charge is 2.18. The van der Waals surface area contributed by atoms with Gasteiger partial charge in [-0.25, -0.2) is 13.2 Å². The summed E-state index contributed by atoms with van der Waals surface area (Å²) in [5.41, 5.74) is 4.08. The molecule has 0 unspecified atom stereocenters. The summed E-state index contributed by atoms with van der Waals surface area (Å²) in [6, 6.07) is 27.8. The van der Waals surface area contributed by atoms with Gasteiger partial charge in [-0.05, 0) is 102 Å². The first kappa shape index (κ1) is 37.7. The molecule has 4 rings (SSSR count). The SMILES string of the molecule is O=C(ONS(=O)(=O)c1cccc(CCCCOCCCCCCNC[C@H](O)c2ccc(O)c(CO)c2)c1)c1ccc(-c2ccccc2)cc1. The summed E-state index contributed by atoms with van der Waals surface area (Å²) in [5, 5.41) is 32.5. The molecule has 0 saturated carbocycles. The zero-order valence-electron chi connectivity index (χ0n) is 27.6. The summed E-state index contributed by atoms with van der Waals surface area (Å²) >= 11 is 0. The molecule has 4 aromatic carbocycles. The maximum atomic E-state index is 12.8. The van der Waals surface area contributed by atoms with Gasteiger partial charge in [0.05, 0.1) is 23.2 Å². The molecular formula is C38H46N2O8S. The molecular weight excluding hydrogens is 644 g/mol. The van der Waals surface area contributed by atoms with E-state index in [4.69, 9.17) is 9.57 Å². The number of hydrogen-bond donors (Lipinski definition) is 5. The van der Waals surface area contributed by atoms with Crippen LogP contribution < -0.4 is 10.2 Å². The Bertz CT molecular complexity index is 1700. The fourth-order valence-corrected chi connectivity index (χ4v) is 6.08. The van der Waals surface area contributed by atoms with Crippen molar-refractivity contribution >= 4 is 16.0 Å². The van der Waals surface area contributed by atoms with Crippen LogP contribution in [-0.2, 0) is 32.6 Å². The average Bonchev–Trinajstić information content (AvgIpc) is 3.13. The van der Waals surface area contributed by atoms with Gasteiger partial charge in [-0.1, -0.05) is 73.5 Å². The fraction of sp³-hybridized carbons (Fsp3) is 0.342. The summed E-state index contributed by atoms with van der Waals surface area (Å²) in [4.78, 5) is 19.4. The largest absolute Gasteiger partial charge is 0.508 e. The van der Waals surface area contributed by atoms with E-state index >= 15 is 0 Å². The van der Waals surface area contributed by atoms with E-state index in [1.807, 2.05) is 41.3 Å². The third-order valence-electron chi connectivity index (χ3n) is 8.07. The lowest BCUT2D eigenvalue weighted by atomic mass is 10.0. The van der Waals surface area contributed by atoms with E-state index in [2.05, 4.69) is 5.32 Å². The van der Waals surface area contributed by atoms with Gasteiger partial charge < -0.3 is 30.2 Å². The molecule has 0 amide bonds. The molecule has 0 aliphatic rings. The number of ether oxygens (including phenoxy) is 1. The number of benzene rings is 4. The van der Waals surface area contributed by atoms with Crippen molar-refractivity contribution in [2.75, 3.05) is 26.3 Å². The van der Waals surface area contributed by atoms with E-state index in [9.17, 15) is 28.5 Å². The van der Waals surface area contributed by atoms with Crippen LogP contribution in [0, 0.1) is 0 Å². The standard InChI is InChI=1S/C38H46N2O8S/c41-28-34-26-33(20-21-36(34)42)37(43)27-39-22-7-1-2-8-23-47-24-9-6-11-29-12-10-15-35(25-29)49(45,46)40-48-38(44)32-18-16-31(17-19-32)30-13-4-3-5-14-30/h3-5,10,12-21,25-26,37,39-43H,1-2,6-9,11,22-24,27-28H2/t37-/m0/s1. The van der Waals surface area contributed by atoms with Crippen molar-refractivity contribution in [1.29, 1.82) is 0 Å². The summed E-state index contributed by atoms with van der Waals surface area (Å²) in [5.74, 6) is -0.778. The summed E-state index contributed by atoms with van der Waals surface area (Å²) in [6.07, 6.45) is 5.73. The Kier molecular flexibility index (Phi) is 15.2. The number of aliphatic hydroxyl groups excluding tert-OH is 2. The van der Waals surface area contributed by atoms with Crippen LogP contribution in [0.15, 0.2) is 102 Å². The summed E-state index contributed by atoms with van der Waals surface area (Å²) in [6.45, 7) is 2.24. The van der Waals surface area contributed by atoms with Gasteiger partial charge >= 0.3 is 5.97 Å². The van der Waals surface area contributed by atoms with E-state index in [0.717, 1.165) is 61.8 Å². The van der Waals surface area contributed by atoms with E-state index in [-0.39, 0.29) is 22.8 Å². The molecule has 4 aromatic rings. The Labute approximate surface area is 288 Å². The number of unbranched alkanes of at least 4 members (excludes halogenated alkanes) is 4. The first-order valence-electron chi connectivity index (χ1n) is 16.6. The lowest BCUT2D eigenvalue weighted by Gasteiger charge is -2.14. The molecule has 11 heteroatoms. The highest BCUT2D eigenvalue weighted by molar-refractivity contribution is 7.89. The van der Waals surface area contributed by atoms with Gasteiger partial charge in [0.15, 0.2) is 0 Å². The summed E-state index contributed by atoms with van der Waals surface area (Å²) in [7, 11) is -4.06. The topological polar surface area (TPSA) is 154 Å². The molecule has 49 heavy (non-hydrogen) atoms. The number of carbonyl (C=O) groups excluding carboxylic acids is 1. The Morgan fingerprint density at radius 1 is 0.776 bits per heavy atom. The Morgan fingerprint density at radius 3 is 2.24 bits per heavy atom. The van der Waals surface area contributed by atoms with Crippen molar-refractivity contribution in [3.63, 3.8) is 0 Å². The highest BCUT2D eigenvalue weighted by atomic mass is 32.2. The molecule has 0 saturated heterocycles. The molecule has 0 radical (unpaired) electrons. The number of nitrogens with one attached hydrogen (secondary N) is 2. The second-order valence-electron chi connectivity index (χ2n) is 11.8. The van der Waals surface area contributed by atoms with Gasteiger partial charge in [0, 0.05) is 25.3 Å². The maximum absolute atomic E-state index is 12.8. The zero-order valence-corrected chi connectivity index (χ0v) is 28.4. The van der Waals surface area contributed by atoms with Crippen LogP contribution in [0.2, 0.25) is 0 Å². The van der Waals surface area contributed by atoms with Crippen molar-refractivity contribution in [3.05, 3.63) is 119 Å². The molecule has 5 N–H and O–H groups in total. The van der Waals surface area contributed by atoms with Gasteiger partial charge in [-0.15, -0.1) is 0 Å². The minimum absolute atomic E-state index is 0.0194. The minimum atomic E-state index is -4.06. The molecule has 1 atom stereocenters. The Hall–Kier alpha value is -4.10. The first-order valence-corrected chi connectivity index (χ1v) is 18.1. The number of aryl methyl sites for hydroxylation is 1. The van der Waals surface area contributed by atoms with E-state index in [0.29, 0.717) is 37.3 Å². The number of aliphatic hydroxyl groups is 2. The smallest absolute Gasteiger partial charge is 0.357 e. The van der Waals surface area contributed by atoms with Crippen LogP contribution in [-0.4, -0.2) is 56.0 Å². The minimum Gasteiger partial charge on any atom is -0.508 e. The van der Waals surface area contributed by atoms with Gasteiger partial charge in [-0.3, -0.25) is 0 Å². The molecule has 10 nitrogen and oxygen atoms in total. The molecule has 0 aromatic heterocycles. The Balaban J connectivity index is 1.04. The number of hydrogen-bond acceptors (Lipinski definition) is 9. The second-order valence-corrected chi connectivity index (χ2v) is 13.5. The molecule has 262 valence electrons. The maximum Gasteiger partial charge on any atom is 0.357 e. The third-order valence-corrected chi connectivity index (χ3v) is 9.25. The molecule has 0 aliphatic carbocycles. The van der Waals surface area contributed by atoms with Crippen molar-refractivity contribution < 1.29 is 38.1 Å². The van der Waals surface area contributed by atoms with Gasteiger partial charge in [-0.2, -0.15) is 0 Å². The van der Waals surface area contributed by atoms with Crippen molar-refractivity contribution in [3.8, 4) is 16.9 Å². The summed E-state index contributed by atoms with van der Waals surface area (Å²) < 4.78 is 31.4. The van der Waals surface area contributed by atoms with Crippen LogP contribution in [0.25, 0.3) is 11.1 Å². The van der Waals surface area contributed by atoms with Crippen LogP contribution in [0.4, 0.5) is 0 Å². The van der Waals surface area contributed by atoms with Gasteiger partial charge in [0.25, 0.3) is 10.0 Å². The average molecular weight is 691 g/mol. The lowest BCUT2D eigenvalue weighted by molar-refractivity contribution is 0.0407. The predicted molar refractivity (Wildman–Crippen MR) is 188 cm³/mol. The third kappa shape index (κ3) is 12.4. The number of rotatable bonds is 21. The lowest BCUT2D eigenvalue weighted by Crippen LogP contribution is -2.27. The number of carbonyl (C=O) groups is 1. The first-order chi connectivity index (χ1) is 23.8. The molecule has 0 heterocycles. The molecule has 0 fully saturated rings. The monoisotopic (exact) mass is 690 g/mol. The van der Waals surface area contributed by atoms with Gasteiger partial charge in [0.1, 0.15) is 5.75 Å². The number of phenols is 1. The molecule has 0 spiro atoms. The van der Waals surface area contributed by atoms with E-state index < -0.39 is 22.1 Å². The predicted octanol–water partition coefficient (Wildman–Crippen LogP) is 5.82. The quantitative estimate of drug-likeness (QED) is 0.0537. The van der Waals surface area contributed by atoms with Crippen LogP contribution >= 0.6 is 0 Å². The van der Waals surface area contributed by atoms with E-state index in [1.165, 1.54) is 12.1 Å². The number of sulfonamides is 1. The zero-order chi connectivity index (χ0) is 34.9. The van der Waals surface area contributed by atoms with Crippen molar-refractivity contribution in [2.24, 2.45) is 0 Å². The normalized spacial score (nSPS) is 12.1. The Morgan fingerprint density at radius 2 is 1.49 bits per heavy atom. The van der Waals surface area contributed by atoms with Crippen LogP contribution in [0.1, 0.15) is 71.7 Å². The van der Waals surface area contributed by atoms with Crippen molar-refractivity contribution in [2.45, 2.75) is 62.6 Å². The van der Waals surface area contributed by atoms with Crippen LogP contribution in [0.3, 0.4) is 0 Å². The van der Waals surface area contributed by atoms with Crippen LogP contribution in [0.5, 0.6) is 5.75 Å². The molecule has 0 aliphatic heterocycles. The molecule has 0 bridgehead atoms. The van der Waals surface area contributed by atoms with E-state index in [1.54, 1.807) is 48.5 Å². The fourth-order valence-electron chi connectivity index (χ4n) is 5.24. The second kappa shape index (κ2) is 19.8. The number of aromatic hydroxyl groups is 1. The van der Waals surface area contributed by atoms with Crippen molar-refractivity contribution in [1.82, 2.24) is 10.2 Å². The highest BCUT2D eigenvalue weighted by Crippen LogP contribution is 2.23.